The summed E-state index contributed by atoms with van der Waals surface area (Å²) in [5, 5.41) is 4.10. The molecule has 0 aliphatic carbocycles. The van der Waals surface area contributed by atoms with Crippen molar-refractivity contribution < 1.29 is 9.21 Å². The molecule has 2 heterocycles. The van der Waals surface area contributed by atoms with Gasteiger partial charge in [0, 0.05) is 22.2 Å². The Labute approximate surface area is 154 Å². The van der Waals surface area contributed by atoms with Gasteiger partial charge in [0.05, 0.1) is 23.8 Å². The maximum absolute atomic E-state index is 12.6. The van der Waals surface area contributed by atoms with Crippen molar-refractivity contribution in [3.63, 3.8) is 0 Å². The molecule has 4 rings (SSSR count). The fourth-order valence-corrected chi connectivity index (χ4v) is 2.93. The largest absolute Gasteiger partial charge is 0.439 e. The molecule has 0 spiro atoms. The normalized spacial score (nSPS) is 10.8. The third kappa shape index (κ3) is 3.30. The Hall–Kier alpha value is -3.18. The zero-order valence-electron chi connectivity index (χ0n) is 13.6. The summed E-state index contributed by atoms with van der Waals surface area (Å²) in [6, 6.07) is 16.7. The van der Waals surface area contributed by atoms with E-state index < -0.39 is 0 Å². The van der Waals surface area contributed by atoms with Gasteiger partial charge >= 0.3 is 0 Å². The molecular formula is C20H14ClN3O2. The molecule has 0 fully saturated rings. The number of pyridine rings is 1. The molecule has 26 heavy (non-hydrogen) atoms. The molecule has 1 N–H and O–H groups in total. The molecule has 0 unspecified atom stereocenters. The van der Waals surface area contributed by atoms with Crippen LogP contribution in [0.2, 0.25) is 5.02 Å². The minimum atomic E-state index is -0.282. The Balaban J connectivity index is 1.52. The molecule has 2 aromatic heterocycles. The van der Waals surface area contributed by atoms with Gasteiger partial charge < -0.3 is 9.73 Å². The first-order chi connectivity index (χ1) is 12.7. The number of nitrogens with one attached hydrogen (secondary N) is 1. The molecule has 2 aromatic carbocycles. The molecule has 0 saturated carbocycles. The maximum Gasteiger partial charge on any atom is 0.253 e. The Morgan fingerprint density at radius 1 is 1.08 bits per heavy atom. The van der Waals surface area contributed by atoms with E-state index in [1.54, 1.807) is 30.6 Å². The van der Waals surface area contributed by atoms with Crippen LogP contribution in [0.15, 0.2) is 71.4 Å². The number of benzene rings is 2. The molecule has 5 nitrogen and oxygen atoms in total. The van der Waals surface area contributed by atoms with E-state index in [0.29, 0.717) is 27.8 Å². The van der Waals surface area contributed by atoms with Gasteiger partial charge in [0.25, 0.3) is 5.91 Å². The van der Waals surface area contributed by atoms with Gasteiger partial charge in [0.1, 0.15) is 0 Å². The number of hydrogen-bond donors (Lipinski definition) is 1. The third-order valence-electron chi connectivity index (χ3n) is 3.93. The van der Waals surface area contributed by atoms with E-state index in [-0.39, 0.29) is 12.5 Å². The first-order valence-corrected chi connectivity index (χ1v) is 8.41. The lowest BCUT2D eigenvalue weighted by Gasteiger charge is -2.07. The molecule has 0 atom stereocenters. The van der Waals surface area contributed by atoms with E-state index in [1.165, 1.54) is 0 Å². The van der Waals surface area contributed by atoms with Gasteiger partial charge in [-0.25, -0.2) is 4.98 Å². The minimum Gasteiger partial charge on any atom is -0.439 e. The zero-order chi connectivity index (χ0) is 17.9. The molecule has 0 radical (unpaired) electrons. The van der Waals surface area contributed by atoms with Crippen molar-refractivity contribution in [1.82, 2.24) is 15.3 Å². The van der Waals surface area contributed by atoms with Gasteiger partial charge in [-0.05, 0) is 18.2 Å². The number of rotatable bonds is 4. The second-order valence-electron chi connectivity index (χ2n) is 5.70. The van der Waals surface area contributed by atoms with Crippen LogP contribution in [0.5, 0.6) is 0 Å². The van der Waals surface area contributed by atoms with Gasteiger partial charge in [-0.15, -0.1) is 0 Å². The van der Waals surface area contributed by atoms with Gasteiger partial charge in [-0.3, -0.25) is 9.78 Å². The summed E-state index contributed by atoms with van der Waals surface area (Å²) in [5.74, 6) is 0.803. The average molecular weight is 364 g/mol. The van der Waals surface area contributed by atoms with E-state index >= 15 is 0 Å². The average Bonchev–Trinajstić information content (AvgIpc) is 3.15. The van der Waals surface area contributed by atoms with Gasteiger partial charge in [0.2, 0.25) is 5.89 Å². The van der Waals surface area contributed by atoms with Crippen LogP contribution in [0, 0.1) is 0 Å². The minimum absolute atomic E-state index is 0.173. The number of fused-ring (bicyclic) bond motifs is 1. The Bertz CT molecular complexity index is 1080. The summed E-state index contributed by atoms with van der Waals surface area (Å²) >= 11 is 6.12. The monoisotopic (exact) mass is 363 g/mol. The molecule has 0 aliphatic heterocycles. The summed E-state index contributed by atoms with van der Waals surface area (Å²) in [4.78, 5) is 21.1. The molecular weight excluding hydrogens is 350 g/mol. The fourth-order valence-electron chi connectivity index (χ4n) is 2.71. The smallest absolute Gasteiger partial charge is 0.253 e. The van der Waals surface area contributed by atoms with E-state index in [2.05, 4.69) is 15.3 Å². The number of nitrogens with zero attached hydrogens (tertiary/aromatic N) is 2. The number of aromatic nitrogens is 2. The summed E-state index contributed by atoms with van der Waals surface area (Å²) in [6.07, 6.45) is 3.29. The van der Waals surface area contributed by atoms with Crippen molar-refractivity contribution in [2.75, 3.05) is 0 Å². The van der Waals surface area contributed by atoms with Gasteiger partial charge in [-0.2, -0.15) is 0 Å². The lowest BCUT2D eigenvalue weighted by Crippen LogP contribution is -2.23. The lowest BCUT2D eigenvalue weighted by molar-refractivity contribution is 0.0949. The predicted octanol–water partition coefficient (Wildman–Crippen LogP) is 4.47. The van der Waals surface area contributed by atoms with Crippen LogP contribution in [-0.2, 0) is 6.54 Å². The fraction of sp³-hybridized carbons (Fsp3) is 0.0500. The number of hydrogen-bond acceptors (Lipinski definition) is 4. The standard InChI is InChI=1S/C20H14ClN3O2/c21-15-9-14-7-4-8-22-19(14)16(10-15)20(25)24-12-18-23-11-17(26-18)13-5-2-1-3-6-13/h1-11H,12H2,(H,24,25). The van der Waals surface area contributed by atoms with Crippen LogP contribution in [-0.4, -0.2) is 15.9 Å². The molecule has 0 aliphatic rings. The summed E-state index contributed by atoms with van der Waals surface area (Å²) < 4.78 is 5.70. The molecule has 4 aromatic rings. The molecule has 0 saturated heterocycles. The summed E-state index contributed by atoms with van der Waals surface area (Å²) in [7, 11) is 0. The first kappa shape index (κ1) is 16.3. The highest BCUT2D eigenvalue weighted by atomic mass is 35.5. The van der Waals surface area contributed by atoms with Crippen LogP contribution in [0.1, 0.15) is 16.2 Å². The first-order valence-electron chi connectivity index (χ1n) is 8.03. The van der Waals surface area contributed by atoms with Crippen LogP contribution in [0.3, 0.4) is 0 Å². The van der Waals surface area contributed by atoms with Crippen LogP contribution < -0.4 is 5.32 Å². The molecule has 6 heteroatoms. The summed E-state index contributed by atoms with van der Waals surface area (Å²) in [6.45, 7) is 0.173. The van der Waals surface area contributed by atoms with E-state index in [9.17, 15) is 4.79 Å². The van der Waals surface area contributed by atoms with Crippen LogP contribution >= 0.6 is 11.6 Å². The lowest BCUT2D eigenvalue weighted by atomic mass is 10.1. The van der Waals surface area contributed by atoms with Crippen LogP contribution in [0.25, 0.3) is 22.2 Å². The van der Waals surface area contributed by atoms with Crippen molar-refractivity contribution in [2.24, 2.45) is 0 Å². The predicted molar refractivity (Wildman–Crippen MR) is 99.9 cm³/mol. The Morgan fingerprint density at radius 3 is 2.77 bits per heavy atom. The van der Waals surface area contributed by atoms with Crippen molar-refractivity contribution in [3.05, 3.63) is 83.5 Å². The molecule has 0 bridgehead atoms. The second-order valence-corrected chi connectivity index (χ2v) is 6.13. The zero-order valence-corrected chi connectivity index (χ0v) is 14.4. The SMILES string of the molecule is O=C(NCc1ncc(-c2ccccc2)o1)c1cc(Cl)cc2cccnc12. The van der Waals surface area contributed by atoms with E-state index in [4.69, 9.17) is 16.0 Å². The van der Waals surface area contributed by atoms with Crippen LogP contribution in [0.4, 0.5) is 0 Å². The highest BCUT2D eigenvalue weighted by Crippen LogP contribution is 2.23. The number of oxazole rings is 1. The highest BCUT2D eigenvalue weighted by molar-refractivity contribution is 6.32. The van der Waals surface area contributed by atoms with E-state index in [1.807, 2.05) is 36.4 Å². The van der Waals surface area contributed by atoms with Crippen molar-refractivity contribution >= 4 is 28.4 Å². The number of amides is 1. The third-order valence-corrected chi connectivity index (χ3v) is 4.14. The number of halogens is 1. The maximum atomic E-state index is 12.6. The van der Waals surface area contributed by atoms with Gasteiger partial charge in [-0.1, -0.05) is 48.0 Å². The topological polar surface area (TPSA) is 68.0 Å². The quantitative estimate of drug-likeness (QED) is 0.580. The summed E-state index contributed by atoms with van der Waals surface area (Å²) in [5.41, 5.74) is 1.96. The Morgan fingerprint density at radius 2 is 1.92 bits per heavy atom. The number of carbonyl (C=O) groups excluding carboxylic acids is 1. The van der Waals surface area contributed by atoms with E-state index in [0.717, 1.165) is 10.9 Å². The van der Waals surface area contributed by atoms with Crippen molar-refractivity contribution in [3.8, 4) is 11.3 Å². The second kappa shape index (κ2) is 6.98. The van der Waals surface area contributed by atoms with Crippen molar-refractivity contribution in [1.29, 1.82) is 0 Å². The van der Waals surface area contributed by atoms with Gasteiger partial charge in [0.15, 0.2) is 5.76 Å². The van der Waals surface area contributed by atoms with Crippen molar-refractivity contribution in [2.45, 2.75) is 6.54 Å². The number of carbonyl (C=O) groups is 1. The Kier molecular flexibility index (Phi) is 4.37. The highest BCUT2D eigenvalue weighted by Gasteiger charge is 2.14. The molecule has 1 amide bonds. The molecule has 128 valence electrons.